The maximum atomic E-state index is 4.76. The molecule has 2 heterocycles. The van der Waals surface area contributed by atoms with E-state index in [0.29, 0.717) is 6.04 Å². The molecule has 70 valence electrons. The van der Waals surface area contributed by atoms with E-state index in [-0.39, 0.29) is 5.41 Å². The minimum Gasteiger partial charge on any atom is -0.270 e. The summed E-state index contributed by atoms with van der Waals surface area (Å²) in [6.07, 6.45) is 3.40. The maximum Gasteiger partial charge on any atom is 0.117 e. The Morgan fingerprint density at radius 3 is 2.92 bits per heavy atom. The number of rotatable bonds is 0. The zero-order chi connectivity index (χ0) is 9.47. The zero-order valence-electron chi connectivity index (χ0n) is 8.37. The fraction of sp³-hybridized carbons (Fsp3) is 0.545. The van der Waals surface area contributed by atoms with E-state index in [2.05, 4.69) is 38.3 Å². The molecule has 2 heteroatoms. The Balaban J connectivity index is 2.45. The average Bonchev–Trinajstić information content (AvgIpc) is 2.47. The first kappa shape index (κ1) is 8.95. The lowest BCUT2D eigenvalue weighted by atomic mass is 9.84. The van der Waals surface area contributed by atoms with E-state index >= 15 is 0 Å². The standard InChI is InChI=1S/C11H15NS/c1-11(2,3)9-5-4-8-6-7-13-10(8)12-9/h4,6-7,9H,5H2,1-3H3. The van der Waals surface area contributed by atoms with Crippen molar-refractivity contribution in [1.82, 2.24) is 0 Å². The molecule has 1 aliphatic heterocycles. The second-order valence-electron chi connectivity index (χ2n) is 4.63. The second-order valence-corrected chi connectivity index (χ2v) is 5.53. The number of nitrogens with zero attached hydrogens (tertiary/aromatic N) is 1. The van der Waals surface area contributed by atoms with E-state index in [1.807, 2.05) is 0 Å². The smallest absolute Gasteiger partial charge is 0.117 e. The van der Waals surface area contributed by atoms with Crippen LogP contribution in [0.25, 0.3) is 6.08 Å². The van der Waals surface area contributed by atoms with Crippen LogP contribution in [0, 0.1) is 5.41 Å². The van der Waals surface area contributed by atoms with Crippen LogP contribution in [0.3, 0.4) is 0 Å². The summed E-state index contributed by atoms with van der Waals surface area (Å²) in [4.78, 5) is 4.76. The van der Waals surface area contributed by atoms with Gasteiger partial charge in [-0.3, -0.25) is 4.99 Å². The van der Waals surface area contributed by atoms with Crippen molar-refractivity contribution in [1.29, 1.82) is 0 Å². The lowest BCUT2D eigenvalue weighted by molar-refractivity contribution is 0.322. The minimum absolute atomic E-state index is 0.290. The molecule has 1 atom stereocenters. The number of hydrogen-bond donors (Lipinski definition) is 0. The first-order valence-corrected chi connectivity index (χ1v) is 5.57. The van der Waals surface area contributed by atoms with Crippen molar-refractivity contribution in [2.75, 3.05) is 0 Å². The summed E-state index contributed by atoms with van der Waals surface area (Å²) in [5.74, 6) is 0. The molecule has 0 saturated heterocycles. The highest BCUT2D eigenvalue weighted by Crippen LogP contribution is 2.25. The quantitative estimate of drug-likeness (QED) is 0.597. The van der Waals surface area contributed by atoms with E-state index in [1.54, 1.807) is 11.3 Å². The molecule has 1 aromatic rings. The molecule has 1 aromatic heterocycles. The van der Waals surface area contributed by atoms with Crippen LogP contribution < -0.4 is 9.89 Å². The van der Waals surface area contributed by atoms with Crippen molar-refractivity contribution >= 4 is 17.4 Å². The molecule has 0 saturated carbocycles. The van der Waals surface area contributed by atoms with Gasteiger partial charge in [-0.15, -0.1) is 11.3 Å². The fourth-order valence-corrected chi connectivity index (χ4v) is 2.37. The van der Waals surface area contributed by atoms with E-state index in [1.165, 1.54) is 9.89 Å². The van der Waals surface area contributed by atoms with Gasteiger partial charge in [-0.05, 0) is 23.3 Å². The Labute approximate surface area is 82.8 Å². The number of fused-ring (bicyclic) bond motifs is 1. The van der Waals surface area contributed by atoms with Gasteiger partial charge in [-0.1, -0.05) is 26.8 Å². The zero-order valence-corrected chi connectivity index (χ0v) is 9.19. The molecular weight excluding hydrogens is 178 g/mol. The van der Waals surface area contributed by atoms with Crippen molar-refractivity contribution in [2.45, 2.75) is 33.2 Å². The van der Waals surface area contributed by atoms with Crippen molar-refractivity contribution in [2.24, 2.45) is 10.4 Å². The maximum absolute atomic E-state index is 4.76. The van der Waals surface area contributed by atoms with Crippen LogP contribution in [-0.2, 0) is 0 Å². The Bertz CT molecular complexity index is 408. The molecule has 1 aliphatic rings. The number of hydrogen-bond acceptors (Lipinski definition) is 2. The van der Waals surface area contributed by atoms with Gasteiger partial charge in [0.1, 0.15) is 4.67 Å². The van der Waals surface area contributed by atoms with Gasteiger partial charge in [0.15, 0.2) is 0 Å². The normalized spacial score (nSPS) is 21.6. The molecule has 13 heavy (non-hydrogen) atoms. The van der Waals surface area contributed by atoms with Crippen LogP contribution in [0.1, 0.15) is 27.2 Å². The summed E-state index contributed by atoms with van der Waals surface area (Å²) in [6, 6.07) is 2.61. The molecule has 0 spiro atoms. The molecule has 0 aliphatic carbocycles. The van der Waals surface area contributed by atoms with Gasteiger partial charge in [0.25, 0.3) is 0 Å². The highest BCUT2D eigenvalue weighted by molar-refractivity contribution is 7.07. The molecule has 1 nitrogen and oxygen atoms in total. The topological polar surface area (TPSA) is 12.4 Å². The third kappa shape index (κ3) is 1.68. The third-order valence-corrected chi connectivity index (χ3v) is 3.34. The first-order chi connectivity index (χ1) is 6.07. The van der Waals surface area contributed by atoms with Gasteiger partial charge in [0.05, 0.1) is 6.04 Å². The van der Waals surface area contributed by atoms with Crippen molar-refractivity contribution in [3.8, 4) is 0 Å². The van der Waals surface area contributed by atoms with Crippen molar-refractivity contribution in [3.63, 3.8) is 0 Å². The van der Waals surface area contributed by atoms with Gasteiger partial charge in [0.2, 0.25) is 0 Å². The third-order valence-electron chi connectivity index (χ3n) is 2.51. The Morgan fingerprint density at radius 2 is 2.23 bits per heavy atom. The molecule has 0 fully saturated rings. The van der Waals surface area contributed by atoms with Gasteiger partial charge < -0.3 is 0 Å². The highest BCUT2D eigenvalue weighted by atomic mass is 32.1. The summed E-state index contributed by atoms with van der Waals surface area (Å²) in [5.41, 5.74) is 0.290. The van der Waals surface area contributed by atoms with Crippen LogP contribution in [-0.4, -0.2) is 6.04 Å². The number of thiophene rings is 1. The molecule has 0 amide bonds. The fourth-order valence-electron chi connectivity index (χ4n) is 1.55. The summed E-state index contributed by atoms with van der Waals surface area (Å²) in [7, 11) is 0. The molecule has 1 unspecified atom stereocenters. The Hall–Kier alpha value is -0.630. The van der Waals surface area contributed by atoms with Gasteiger partial charge in [0, 0.05) is 5.22 Å². The molecule has 0 N–H and O–H groups in total. The molecule has 0 bridgehead atoms. The highest BCUT2D eigenvalue weighted by Gasteiger charge is 2.24. The van der Waals surface area contributed by atoms with Crippen LogP contribution in [0.2, 0.25) is 0 Å². The predicted molar refractivity (Wildman–Crippen MR) is 57.4 cm³/mol. The molecular formula is C11H15NS. The predicted octanol–water partition coefficient (Wildman–Crippen LogP) is 1.97. The first-order valence-electron chi connectivity index (χ1n) is 4.69. The SMILES string of the molecule is CC(C)(C)C1CC=c2ccsc2=N1. The van der Waals surface area contributed by atoms with Crippen molar-refractivity contribution < 1.29 is 0 Å². The summed E-state index contributed by atoms with van der Waals surface area (Å²) < 4.78 is 1.21. The largest absolute Gasteiger partial charge is 0.270 e. The lowest BCUT2D eigenvalue weighted by Crippen LogP contribution is -2.33. The van der Waals surface area contributed by atoms with Gasteiger partial charge in [-0.2, -0.15) is 0 Å². The Kier molecular flexibility index (Phi) is 2.03. The Morgan fingerprint density at radius 1 is 1.46 bits per heavy atom. The van der Waals surface area contributed by atoms with E-state index in [0.717, 1.165) is 6.42 Å². The average molecular weight is 193 g/mol. The van der Waals surface area contributed by atoms with Gasteiger partial charge >= 0.3 is 0 Å². The van der Waals surface area contributed by atoms with E-state index < -0.39 is 0 Å². The van der Waals surface area contributed by atoms with Crippen LogP contribution in [0.15, 0.2) is 16.4 Å². The lowest BCUT2D eigenvalue weighted by Gasteiger charge is -2.27. The second kappa shape index (κ2) is 2.95. The monoisotopic (exact) mass is 193 g/mol. The van der Waals surface area contributed by atoms with Gasteiger partial charge in [-0.25, -0.2) is 0 Å². The molecule has 0 radical (unpaired) electrons. The minimum atomic E-state index is 0.290. The van der Waals surface area contributed by atoms with Crippen molar-refractivity contribution in [3.05, 3.63) is 21.3 Å². The summed E-state index contributed by atoms with van der Waals surface area (Å²) >= 11 is 1.75. The van der Waals surface area contributed by atoms with Crippen LogP contribution in [0.4, 0.5) is 0 Å². The van der Waals surface area contributed by atoms with E-state index in [9.17, 15) is 0 Å². The summed E-state index contributed by atoms with van der Waals surface area (Å²) in [5, 5.41) is 3.45. The van der Waals surface area contributed by atoms with Crippen LogP contribution >= 0.6 is 11.3 Å². The molecule has 0 aromatic carbocycles. The molecule has 2 rings (SSSR count). The van der Waals surface area contributed by atoms with Crippen LogP contribution in [0.5, 0.6) is 0 Å². The van der Waals surface area contributed by atoms with E-state index in [4.69, 9.17) is 4.99 Å². The summed E-state index contributed by atoms with van der Waals surface area (Å²) in [6.45, 7) is 6.77.